The van der Waals surface area contributed by atoms with Crippen molar-refractivity contribution in [2.75, 3.05) is 19.8 Å². The monoisotopic (exact) mass is 278 g/mol. The number of rotatable bonds is 4. The van der Waals surface area contributed by atoms with Crippen LogP contribution in [0.4, 0.5) is 0 Å². The molecule has 0 aliphatic carbocycles. The summed E-state index contributed by atoms with van der Waals surface area (Å²) in [4.78, 5) is 24.5. The van der Waals surface area contributed by atoms with E-state index in [1.54, 1.807) is 31.2 Å². The molecule has 1 aliphatic rings. The molecule has 1 fully saturated rings. The lowest BCUT2D eigenvalue weighted by Gasteiger charge is -2.33. The molecule has 1 N–H and O–H groups in total. The normalized spacial score (nSPS) is 22.6. The summed E-state index contributed by atoms with van der Waals surface area (Å²) in [6, 6.07) is 6.53. The molecule has 20 heavy (non-hydrogen) atoms. The average molecular weight is 278 g/mol. The van der Waals surface area contributed by atoms with Gasteiger partial charge in [0.05, 0.1) is 19.8 Å². The van der Waals surface area contributed by atoms with E-state index < -0.39 is 11.4 Å². The number of benzene rings is 1. The highest BCUT2D eigenvalue weighted by Crippen LogP contribution is 2.32. The second-order valence-electron chi connectivity index (χ2n) is 4.88. The van der Waals surface area contributed by atoms with E-state index in [1.165, 1.54) is 0 Å². The van der Waals surface area contributed by atoms with Crippen molar-refractivity contribution in [2.45, 2.75) is 19.8 Å². The van der Waals surface area contributed by atoms with Gasteiger partial charge in [-0.25, -0.2) is 0 Å². The number of aromatic hydroxyl groups is 1. The van der Waals surface area contributed by atoms with E-state index in [-0.39, 0.29) is 37.6 Å². The predicted octanol–water partition coefficient (Wildman–Crippen LogP) is 1.47. The van der Waals surface area contributed by atoms with Crippen LogP contribution in [0.25, 0.3) is 0 Å². The van der Waals surface area contributed by atoms with Gasteiger partial charge in [-0.3, -0.25) is 9.59 Å². The smallest absolute Gasteiger partial charge is 0.322 e. The second-order valence-corrected chi connectivity index (χ2v) is 4.88. The van der Waals surface area contributed by atoms with Crippen LogP contribution in [-0.2, 0) is 25.5 Å². The summed E-state index contributed by atoms with van der Waals surface area (Å²) in [5, 5.41) is 9.50. The molecule has 1 atom stereocenters. The third-order valence-corrected chi connectivity index (χ3v) is 3.44. The van der Waals surface area contributed by atoms with Gasteiger partial charge in [0.15, 0.2) is 11.2 Å². The molecule has 1 aromatic rings. The maximum Gasteiger partial charge on any atom is 0.322 e. The highest BCUT2D eigenvalue weighted by atomic mass is 16.5. The van der Waals surface area contributed by atoms with Crippen LogP contribution in [0.15, 0.2) is 24.3 Å². The number of esters is 1. The Morgan fingerprint density at radius 2 is 2.30 bits per heavy atom. The van der Waals surface area contributed by atoms with Gasteiger partial charge >= 0.3 is 5.97 Å². The number of phenolic OH excluding ortho intramolecular Hbond substituents is 1. The maximum absolute atomic E-state index is 12.3. The van der Waals surface area contributed by atoms with Crippen LogP contribution in [0, 0.1) is 5.41 Å². The van der Waals surface area contributed by atoms with Crippen LogP contribution < -0.4 is 0 Å². The molecule has 1 heterocycles. The number of carbonyl (C=O) groups is 2. The van der Waals surface area contributed by atoms with E-state index in [0.717, 1.165) is 0 Å². The van der Waals surface area contributed by atoms with Crippen molar-refractivity contribution in [3.8, 4) is 5.75 Å². The summed E-state index contributed by atoms with van der Waals surface area (Å²) in [5.41, 5.74) is -0.584. The molecule has 0 spiro atoms. The van der Waals surface area contributed by atoms with Crippen molar-refractivity contribution in [3.05, 3.63) is 29.8 Å². The van der Waals surface area contributed by atoms with E-state index >= 15 is 0 Å². The zero-order chi connectivity index (χ0) is 14.6. The summed E-state index contributed by atoms with van der Waals surface area (Å²) >= 11 is 0. The second kappa shape index (κ2) is 6.05. The third kappa shape index (κ3) is 2.82. The lowest BCUT2D eigenvalue weighted by Crippen LogP contribution is -2.49. The zero-order valence-corrected chi connectivity index (χ0v) is 11.4. The van der Waals surface area contributed by atoms with Crippen molar-refractivity contribution in [1.29, 1.82) is 0 Å². The summed E-state index contributed by atoms with van der Waals surface area (Å²) in [6.45, 7) is 2.28. The van der Waals surface area contributed by atoms with Crippen LogP contribution in [-0.4, -0.2) is 36.7 Å². The van der Waals surface area contributed by atoms with Gasteiger partial charge in [-0.15, -0.1) is 0 Å². The van der Waals surface area contributed by atoms with Crippen LogP contribution in [0.2, 0.25) is 0 Å². The third-order valence-electron chi connectivity index (χ3n) is 3.44. The molecule has 0 radical (unpaired) electrons. The Morgan fingerprint density at radius 1 is 1.50 bits per heavy atom. The van der Waals surface area contributed by atoms with Gasteiger partial charge in [-0.1, -0.05) is 12.1 Å². The standard InChI is InChI=1S/C15H18O5/c1-2-20-14(18)15(10-19-7-6-13(15)17)9-11-4-3-5-12(16)8-11/h3-5,8,16H,2,6-7,9-10H2,1H3. The number of phenols is 1. The Morgan fingerprint density at radius 3 is 2.95 bits per heavy atom. The Hall–Kier alpha value is -1.88. The first-order chi connectivity index (χ1) is 9.58. The summed E-state index contributed by atoms with van der Waals surface area (Å²) < 4.78 is 10.4. The number of hydrogen-bond acceptors (Lipinski definition) is 5. The quantitative estimate of drug-likeness (QED) is 0.667. The summed E-state index contributed by atoms with van der Waals surface area (Å²) in [7, 11) is 0. The fourth-order valence-electron chi connectivity index (χ4n) is 2.41. The van der Waals surface area contributed by atoms with Crippen LogP contribution in [0.1, 0.15) is 18.9 Å². The average Bonchev–Trinajstić information content (AvgIpc) is 2.42. The van der Waals surface area contributed by atoms with Crippen LogP contribution >= 0.6 is 0 Å². The largest absolute Gasteiger partial charge is 0.508 e. The topological polar surface area (TPSA) is 72.8 Å². The number of Topliss-reactive ketones (excluding diaryl/α,β-unsaturated/α-hetero) is 1. The molecule has 1 unspecified atom stereocenters. The summed E-state index contributed by atoms with van der Waals surface area (Å²) in [6.07, 6.45) is 0.386. The molecule has 2 rings (SSSR count). The molecular formula is C15H18O5. The predicted molar refractivity (Wildman–Crippen MR) is 71.3 cm³/mol. The SMILES string of the molecule is CCOC(=O)C1(Cc2cccc(O)c2)COCCC1=O. The van der Waals surface area contributed by atoms with Crippen LogP contribution in [0.3, 0.4) is 0 Å². The van der Waals surface area contributed by atoms with Gasteiger partial charge in [0.2, 0.25) is 0 Å². The Bertz CT molecular complexity index is 511. The molecule has 0 amide bonds. The van der Waals surface area contributed by atoms with Crippen molar-refractivity contribution < 1.29 is 24.2 Å². The fourth-order valence-corrected chi connectivity index (χ4v) is 2.41. The lowest BCUT2D eigenvalue weighted by atomic mass is 9.76. The molecule has 0 saturated carbocycles. The Balaban J connectivity index is 2.31. The molecule has 0 aromatic heterocycles. The fraction of sp³-hybridized carbons (Fsp3) is 0.467. The molecular weight excluding hydrogens is 260 g/mol. The van der Waals surface area contributed by atoms with Crippen molar-refractivity contribution in [1.82, 2.24) is 0 Å². The zero-order valence-electron chi connectivity index (χ0n) is 11.4. The molecule has 5 nitrogen and oxygen atoms in total. The molecule has 0 bridgehead atoms. The highest BCUT2D eigenvalue weighted by Gasteiger charge is 2.49. The van der Waals surface area contributed by atoms with Gasteiger partial charge in [-0.2, -0.15) is 0 Å². The van der Waals surface area contributed by atoms with E-state index in [0.29, 0.717) is 12.2 Å². The number of hydrogen-bond donors (Lipinski definition) is 1. The van der Waals surface area contributed by atoms with E-state index in [2.05, 4.69) is 0 Å². The molecule has 1 saturated heterocycles. The first-order valence-corrected chi connectivity index (χ1v) is 6.64. The number of ketones is 1. The van der Waals surface area contributed by atoms with Gasteiger partial charge in [0, 0.05) is 6.42 Å². The minimum Gasteiger partial charge on any atom is -0.508 e. The van der Waals surface area contributed by atoms with Crippen LogP contribution in [0.5, 0.6) is 5.75 Å². The minimum atomic E-state index is -1.29. The molecule has 108 valence electrons. The van der Waals surface area contributed by atoms with Gasteiger partial charge in [0.1, 0.15) is 5.75 Å². The molecule has 5 heteroatoms. The Kier molecular flexibility index (Phi) is 4.39. The van der Waals surface area contributed by atoms with Crippen molar-refractivity contribution in [2.24, 2.45) is 5.41 Å². The van der Waals surface area contributed by atoms with Gasteiger partial charge in [-0.05, 0) is 31.0 Å². The van der Waals surface area contributed by atoms with Crippen molar-refractivity contribution >= 4 is 11.8 Å². The first kappa shape index (κ1) is 14.5. The number of carbonyl (C=O) groups excluding carboxylic acids is 2. The minimum absolute atomic E-state index is 0.0281. The first-order valence-electron chi connectivity index (χ1n) is 6.64. The lowest BCUT2D eigenvalue weighted by molar-refractivity contribution is -0.169. The van der Waals surface area contributed by atoms with E-state index in [1.807, 2.05) is 0 Å². The van der Waals surface area contributed by atoms with E-state index in [4.69, 9.17) is 9.47 Å². The number of ether oxygens (including phenoxy) is 2. The highest BCUT2D eigenvalue weighted by molar-refractivity contribution is 6.04. The maximum atomic E-state index is 12.3. The van der Waals surface area contributed by atoms with E-state index in [9.17, 15) is 14.7 Å². The Labute approximate surface area is 117 Å². The summed E-state index contributed by atoms with van der Waals surface area (Å²) in [5.74, 6) is -0.607. The molecule has 1 aliphatic heterocycles. The van der Waals surface area contributed by atoms with Gasteiger partial charge < -0.3 is 14.6 Å². The van der Waals surface area contributed by atoms with Crippen molar-refractivity contribution in [3.63, 3.8) is 0 Å². The molecule has 1 aromatic carbocycles. The van der Waals surface area contributed by atoms with Gasteiger partial charge in [0.25, 0.3) is 0 Å².